The van der Waals surface area contributed by atoms with Crippen LogP contribution in [-0.4, -0.2) is 96.5 Å². The van der Waals surface area contributed by atoms with E-state index in [-0.39, 0.29) is 12.1 Å². The zero-order valence-corrected chi connectivity index (χ0v) is 33.4. The summed E-state index contributed by atoms with van der Waals surface area (Å²) in [6, 6.07) is 15.1. The summed E-state index contributed by atoms with van der Waals surface area (Å²) in [6.07, 6.45) is 4.21. The number of aromatic amines is 2. The molecule has 6 rings (SSSR count). The number of aromatic nitrogens is 4. The van der Waals surface area contributed by atoms with Crippen molar-refractivity contribution in [1.29, 1.82) is 0 Å². The van der Waals surface area contributed by atoms with Gasteiger partial charge in [0, 0.05) is 72.3 Å². The van der Waals surface area contributed by atoms with E-state index in [2.05, 4.69) is 35.5 Å². The lowest BCUT2D eigenvalue weighted by Crippen LogP contribution is -2.49. The van der Waals surface area contributed by atoms with Crippen LogP contribution in [0.3, 0.4) is 0 Å². The molecule has 2 aliphatic heterocycles. The number of alkyl carbamates (subject to hydrolysis) is 1. The highest BCUT2D eigenvalue weighted by atomic mass is 35.5. The van der Waals surface area contributed by atoms with E-state index in [9.17, 15) is 14.4 Å². The molecule has 0 spiro atoms. The minimum absolute atomic E-state index is 0.0879. The number of H-pyrrole nitrogens is 2. The number of esters is 2. The number of benzene rings is 2. The summed E-state index contributed by atoms with van der Waals surface area (Å²) >= 11 is 12.6. The Morgan fingerprint density at radius 2 is 1.27 bits per heavy atom. The SMILES string of the molecule is COC(=O)c1[nH]nc(N2CCC[C@@H](N)C2)c1Cc1ccccc1Cl.COC(=O)c1[nH]nc(N2CCC[C@@H](NC(=O)OC(C)(C)C)C2)c1Cc1ccccc1Cl. The van der Waals surface area contributed by atoms with Crippen LogP contribution in [0, 0.1) is 0 Å². The molecule has 2 atom stereocenters. The number of amides is 1. The summed E-state index contributed by atoms with van der Waals surface area (Å²) in [6.45, 7) is 8.40. The van der Waals surface area contributed by atoms with Gasteiger partial charge in [-0.25, -0.2) is 14.4 Å². The van der Waals surface area contributed by atoms with Crippen molar-refractivity contribution in [2.24, 2.45) is 5.73 Å². The van der Waals surface area contributed by atoms with Crippen molar-refractivity contribution in [2.75, 3.05) is 50.2 Å². The van der Waals surface area contributed by atoms with E-state index in [0.29, 0.717) is 46.6 Å². The minimum atomic E-state index is -0.557. The fraction of sp³-hybridized carbons (Fsp3) is 0.462. The normalized spacial score (nSPS) is 17.2. The number of nitrogens with zero attached hydrogens (tertiary/aromatic N) is 4. The molecule has 296 valence electrons. The van der Waals surface area contributed by atoms with Crippen LogP contribution in [-0.2, 0) is 27.1 Å². The quantitative estimate of drug-likeness (QED) is 0.110. The molecule has 14 nitrogen and oxygen atoms in total. The molecule has 0 aliphatic carbocycles. The highest BCUT2D eigenvalue weighted by molar-refractivity contribution is 6.31. The molecule has 0 bridgehead atoms. The number of hydrogen-bond donors (Lipinski definition) is 4. The summed E-state index contributed by atoms with van der Waals surface area (Å²) in [5.41, 5.74) is 9.55. The lowest BCUT2D eigenvalue weighted by atomic mass is 10.0. The van der Waals surface area contributed by atoms with E-state index in [4.69, 9.17) is 43.1 Å². The van der Waals surface area contributed by atoms with Crippen molar-refractivity contribution in [1.82, 2.24) is 25.7 Å². The van der Waals surface area contributed by atoms with Gasteiger partial charge in [-0.15, -0.1) is 0 Å². The zero-order chi connectivity index (χ0) is 39.7. The number of methoxy groups -OCH3 is 2. The lowest BCUT2D eigenvalue weighted by molar-refractivity contribution is 0.0498. The van der Waals surface area contributed by atoms with Crippen molar-refractivity contribution < 1.29 is 28.6 Å². The van der Waals surface area contributed by atoms with Gasteiger partial charge < -0.3 is 35.1 Å². The number of hydrogen-bond acceptors (Lipinski definition) is 11. The Hall–Kier alpha value is -4.79. The van der Waals surface area contributed by atoms with Crippen LogP contribution >= 0.6 is 23.2 Å². The Labute approximate surface area is 331 Å². The molecule has 55 heavy (non-hydrogen) atoms. The van der Waals surface area contributed by atoms with E-state index >= 15 is 0 Å². The van der Waals surface area contributed by atoms with Crippen molar-refractivity contribution in [3.8, 4) is 0 Å². The topological polar surface area (TPSA) is 181 Å². The number of halogens is 2. The summed E-state index contributed by atoms with van der Waals surface area (Å²) < 4.78 is 15.2. The standard InChI is InChI=1S/C22H29ClN4O4.C17H21ClN4O2/c1-22(2,3)31-21(29)24-15-9-7-11-27(13-15)19-16(18(25-26-19)20(28)30-4)12-14-8-5-6-10-17(14)23;1-24-17(23)15-13(9-11-5-2-3-7-14(11)18)16(21-20-15)22-8-4-6-12(19)10-22/h5-6,8,10,15H,7,9,11-13H2,1-4H3,(H,24,29)(H,25,26);2-3,5,7,12H,4,6,8-10,19H2,1H3,(H,20,21)/t15-;12-/m11/s1. The zero-order valence-electron chi connectivity index (χ0n) is 31.9. The van der Waals surface area contributed by atoms with Crippen LogP contribution in [0.4, 0.5) is 16.4 Å². The van der Waals surface area contributed by atoms with Crippen LogP contribution in [0.15, 0.2) is 48.5 Å². The Balaban J connectivity index is 0.000000218. The molecule has 4 heterocycles. The molecule has 2 fully saturated rings. The van der Waals surface area contributed by atoms with Gasteiger partial charge in [0.2, 0.25) is 0 Å². The number of rotatable bonds is 9. The Morgan fingerprint density at radius 1 is 0.800 bits per heavy atom. The molecule has 0 saturated carbocycles. The fourth-order valence-corrected chi connectivity index (χ4v) is 7.14. The van der Waals surface area contributed by atoms with E-state index in [1.54, 1.807) is 0 Å². The Kier molecular flexibility index (Phi) is 14.1. The maximum Gasteiger partial charge on any atom is 0.407 e. The van der Waals surface area contributed by atoms with Crippen molar-refractivity contribution in [3.63, 3.8) is 0 Å². The first-order valence-electron chi connectivity index (χ1n) is 18.3. The largest absolute Gasteiger partial charge is 0.464 e. The summed E-state index contributed by atoms with van der Waals surface area (Å²) in [4.78, 5) is 40.8. The molecule has 2 saturated heterocycles. The Bertz CT molecular complexity index is 1940. The number of carbonyl (C=O) groups excluding carboxylic acids is 3. The molecular weight excluding hydrogens is 747 g/mol. The number of ether oxygens (including phenoxy) is 3. The molecule has 5 N–H and O–H groups in total. The van der Waals surface area contributed by atoms with Crippen LogP contribution in [0.5, 0.6) is 0 Å². The first kappa shape index (κ1) is 41.4. The summed E-state index contributed by atoms with van der Waals surface area (Å²) in [5.74, 6) is 0.500. The van der Waals surface area contributed by atoms with Gasteiger partial charge in [-0.1, -0.05) is 59.6 Å². The molecule has 0 unspecified atom stereocenters. The van der Waals surface area contributed by atoms with Crippen LogP contribution in [0.25, 0.3) is 0 Å². The molecule has 2 aromatic heterocycles. The molecule has 1 amide bonds. The molecule has 4 aromatic rings. The predicted octanol–water partition coefficient (Wildman–Crippen LogP) is 6.30. The summed E-state index contributed by atoms with van der Waals surface area (Å²) in [7, 11) is 2.70. The number of nitrogens with one attached hydrogen (secondary N) is 3. The predicted molar refractivity (Wildman–Crippen MR) is 212 cm³/mol. The van der Waals surface area contributed by atoms with E-state index in [0.717, 1.165) is 73.4 Å². The average Bonchev–Trinajstić information content (AvgIpc) is 3.77. The lowest BCUT2D eigenvalue weighted by Gasteiger charge is -2.34. The molecule has 0 radical (unpaired) electrons. The van der Waals surface area contributed by atoms with Crippen molar-refractivity contribution >= 4 is 52.9 Å². The van der Waals surface area contributed by atoms with Crippen LogP contribution in [0.1, 0.15) is 89.7 Å². The second-order valence-electron chi connectivity index (χ2n) is 14.6. The van der Waals surface area contributed by atoms with E-state index in [1.165, 1.54) is 14.2 Å². The molecular formula is C39H50Cl2N8O6. The molecule has 2 aromatic carbocycles. The second kappa shape index (κ2) is 18.7. The van der Waals surface area contributed by atoms with E-state index < -0.39 is 23.6 Å². The monoisotopic (exact) mass is 796 g/mol. The minimum Gasteiger partial charge on any atom is -0.464 e. The second-order valence-corrected chi connectivity index (χ2v) is 15.4. The number of nitrogens with two attached hydrogens (primary N) is 1. The first-order chi connectivity index (χ1) is 26.3. The smallest absolute Gasteiger partial charge is 0.407 e. The average molecular weight is 798 g/mol. The van der Waals surface area contributed by atoms with Crippen molar-refractivity contribution in [3.05, 3.63) is 92.2 Å². The van der Waals surface area contributed by atoms with Crippen LogP contribution < -0.4 is 20.9 Å². The van der Waals surface area contributed by atoms with Gasteiger partial charge in [0.05, 0.1) is 14.2 Å². The van der Waals surface area contributed by atoms with Gasteiger partial charge >= 0.3 is 18.0 Å². The molecule has 16 heteroatoms. The maximum atomic E-state index is 12.3. The summed E-state index contributed by atoms with van der Waals surface area (Å²) in [5, 5.41) is 18.7. The van der Waals surface area contributed by atoms with Gasteiger partial charge in [0.15, 0.2) is 11.6 Å². The van der Waals surface area contributed by atoms with Crippen molar-refractivity contribution in [2.45, 2.75) is 77.0 Å². The third-order valence-electron chi connectivity index (χ3n) is 9.32. The van der Waals surface area contributed by atoms with E-state index in [1.807, 2.05) is 69.3 Å². The highest BCUT2D eigenvalue weighted by Crippen LogP contribution is 2.31. The number of piperidine rings is 2. The number of anilines is 2. The van der Waals surface area contributed by atoms with Gasteiger partial charge in [-0.2, -0.15) is 10.2 Å². The van der Waals surface area contributed by atoms with Gasteiger partial charge in [-0.3, -0.25) is 10.2 Å². The number of carbonyl (C=O) groups is 3. The van der Waals surface area contributed by atoms with Gasteiger partial charge in [0.25, 0.3) is 0 Å². The highest BCUT2D eigenvalue weighted by Gasteiger charge is 2.30. The third-order valence-corrected chi connectivity index (χ3v) is 10.1. The van der Waals surface area contributed by atoms with Crippen LogP contribution in [0.2, 0.25) is 10.0 Å². The van der Waals surface area contributed by atoms with Gasteiger partial charge in [0.1, 0.15) is 17.0 Å². The fourth-order valence-electron chi connectivity index (χ4n) is 6.74. The Morgan fingerprint density at radius 3 is 1.73 bits per heavy atom. The molecule has 2 aliphatic rings. The van der Waals surface area contributed by atoms with Gasteiger partial charge in [-0.05, 0) is 69.7 Å². The first-order valence-corrected chi connectivity index (χ1v) is 19.1. The third kappa shape index (κ3) is 10.9. The maximum absolute atomic E-state index is 12.3.